The summed E-state index contributed by atoms with van der Waals surface area (Å²) in [6, 6.07) is 13.2. The monoisotopic (exact) mass is 406 g/mol. The minimum atomic E-state index is -0.669. The van der Waals surface area contributed by atoms with E-state index in [0.717, 1.165) is 34.3 Å². The highest BCUT2D eigenvalue weighted by atomic mass is 32.1. The highest BCUT2D eigenvalue weighted by molar-refractivity contribution is 7.22. The molecule has 0 radical (unpaired) electrons. The molecule has 1 fully saturated rings. The fourth-order valence-electron chi connectivity index (χ4n) is 4.96. The summed E-state index contributed by atoms with van der Waals surface area (Å²) in [6.45, 7) is 2.65. The van der Waals surface area contributed by atoms with Crippen molar-refractivity contribution < 1.29 is 9.59 Å². The maximum absolute atomic E-state index is 13.5. The molecule has 1 spiro atoms. The van der Waals surface area contributed by atoms with Gasteiger partial charge in [0.1, 0.15) is 0 Å². The van der Waals surface area contributed by atoms with E-state index < -0.39 is 5.41 Å². The average Bonchev–Trinajstić information content (AvgIpc) is 3.36. The lowest BCUT2D eigenvalue weighted by Crippen LogP contribution is -2.48. The van der Waals surface area contributed by atoms with Crippen LogP contribution in [0, 0.1) is 0 Å². The number of fused-ring (bicyclic) bond motifs is 3. The van der Waals surface area contributed by atoms with Crippen molar-refractivity contribution in [2.24, 2.45) is 0 Å². The quantitative estimate of drug-likeness (QED) is 0.693. The summed E-state index contributed by atoms with van der Waals surface area (Å²) in [5, 5.41) is 3.54. The smallest absolute Gasteiger partial charge is 0.254 e. The number of nitrogens with one attached hydrogen (secondary N) is 1. The maximum atomic E-state index is 13.5. The molecule has 3 heterocycles. The van der Waals surface area contributed by atoms with Gasteiger partial charge in [0.15, 0.2) is 5.13 Å². The Morgan fingerprint density at radius 3 is 3.00 bits per heavy atom. The number of rotatable bonds is 3. The van der Waals surface area contributed by atoms with Gasteiger partial charge in [-0.15, -0.1) is 0 Å². The van der Waals surface area contributed by atoms with Crippen LogP contribution in [-0.2, 0) is 10.2 Å². The number of carbonyl (C=O) groups is 2. The first-order chi connectivity index (χ1) is 14.0. The van der Waals surface area contributed by atoms with Crippen LogP contribution in [0.25, 0.3) is 10.2 Å². The van der Waals surface area contributed by atoms with Crippen molar-refractivity contribution >= 4 is 44.2 Å². The number of amides is 2. The fraction of sp³-hybridized carbons (Fsp3) is 0.318. The molecule has 0 bridgehead atoms. The van der Waals surface area contributed by atoms with Gasteiger partial charge in [0, 0.05) is 17.8 Å². The minimum Gasteiger partial charge on any atom is -0.375 e. The molecule has 2 amide bonds. The summed E-state index contributed by atoms with van der Waals surface area (Å²) in [7, 11) is 0. The number of nitrogens with two attached hydrogens (primary N) is 1. The molecule has 3 aromatic rings. The molecule has 2 aliphatic rings. The van der Waals surface area contributed by atoms with E-state index >= 15 is 0 Å². The van der Waals surface area contributed by atoms with Gasteiger partial charge in [0.05, 0.1) is 21.7 Å². The number of carbonyl (C=O) groups excluding carboxylic acids is 2. The molecular formula is C22H22N4O2S. The molecule has 0 unspecified atom stereocenters. The molecule has 7 heteroatoms. The van der Waals surface area contributed by atoms with E-state index in [-0.39, 0.29) is 17.9 Å². The molecule has 148 valence electrons. The standard InChI is InChI=1S/C22H22N4O2S/c1-2-5-18-22(14-6-3-4-7-15(14)24-20(22)28)10-11-26(18)19(27)13-8-9-17-16(12-13)25-21(23)29-17/h3-4,6-9,12,18H,2,5,10-11H2,1H3,(H2,23,25)(H,24,28)/t18-,22+/m0/s1. The molecule has 6 nitrogen and oxygen atoms in total. The number of nitrogen functional groups attached to an aromatic ring is 1. The lowest BCUT2D eigenvalue weighted by molar-refractivity contribution is -0.121. The Kier molecular flexibility index (Phi) is 4.10. The summed E-state index contributed by atoms with van der Waals surface area (Å²) < 4.78 is 0.964. The van der Waals surface area contributed by atoms with Crippen LogP contribution >= 0.6 is 11.3 Å². The lowest BCUT2D eigenvalue weighted by Gasteiger charge is -2.34. The number of anilines is 2. The number of nitrogens with zero attached hydrogens (tertiary/aromatic N) is 2. The van der Waals surface area contributed by atoms with Crippen LogP contribution in [0.3, 0.4) is 0 Å². The van der Waals surface area contributed by atoms with Crippen molar-refractivity contribution in [3.63, 3.8) is 0 Å². The number of likely N-dealkylation sites (tertiary alicyclic amines) is 1. The number of benzene rings is 2. The van der Waals surface area contributed by atoms with Gasteiger partial charge in [-0.05, 0) is 42.7 Å². The third kappa shape index (κ3) is 2.57. The van der Waals surface area contributed by atoms with E-state index in [1.165, 1.54) is 11.3 Å². The largest absolute Gasteiger partial charge is 0.375 e. The molecule has 0 saturated carbocycles. The Bertz CT molecular complexity index is 1140. The third-order valence-electron chi connectivity index (χ3n) is 6.23. The second-order valence-corrected chi connectivity index (χ2v) is 8.82. The van der Waals surface area contributed by atoms with E-state index in [1.807, 2.05) is 41.3 Å². The van der Waals surface area contributed by atoms with E-state index in [2.05, 4.69) is 17.2 Å². The number of thiazole rings is 1. The van der Waals surface area contributed by atoms with Crippen LogP contribution in [0.2, 0.25) is 0 Å². The number of hydrogen-bond acceptors (Lipinski definition) is 5. The van der Waals surface area contributed by atoms with Crippen LogP contribution in [0.1, 0.15) is 42.1 Å². The zero-order chi connectivity index (χ0) is 20.2. The Morgan fingerprint density at radius 2 is 2.17 bits per heavy atom. The predicted molar refractivity (Wildman–Crippen MR) is 115 cm³/mol. The van der Waals surface area contributed by atoms with Crippen LogP contribution < -0.4 is 11.1 Å². The van der Waals surface area contributed by atoms with Gasteiger partial charge < -0.3 is 16.0 Å². The normalized spacial score (nSPS) is 23.0. The molecule has 3 N–H and O–H groups in total. The van der Waals surface area contributed by atoms with Crippen molar-refractivity contribution in [2.75, 3.05) is 17.6 Å². The van der Waals surface area contributed by atoms with Gasteiger partial charge >= 0.3 is 0 Å². The van der Waals surface area contributed by atoms with E-state index in [4.69, 9.17) is 5.73 Å². The summed E-state index contributed by atoms with van der Waals surface area (Å²) >= 11 is 1.41. The molecule has 0 aliphatic carbocycles. The van der Waals surface area contributed by atoms with Gasteiger partial charge in [0.2, 0.25) is 5.91 Å². The molecule has 29 heavy (non-hydrogen) atoms. The van der Waals surface area contributed by atoms with Gasteiger partial charge in [-0.3, -0.25) is 9.59 Å². The minimum absolute atomic E-state index is 0.00942. The number of hydrogen-bond donors (Lipinski definition) is 2. The zero-order valence-electron chi connectivity index (χ0n) is 16.1. The summed E-state index contributed by atoms with van der Waals surface area (Å²) in [5.74, 6) is -0.0406. The summed E-state index contributed by atoms with van der Waals surface area (Å²) in [4.78, 5) is 32.8. The van der Waals surface area contributed by atoms with Crippen molar-refractivity contribution in [2.45, 2.75) is 37.6 Å². The molecule has 1 aromatic heterocycles. The molecular weight excluding hydrogens is 384 g/mol. The van der Waals surface area contributed by atoms with Gasteiger partial charge in [-0.1, -0.05) is 42.9 Å². The number of para-hydroxylation sites is 1. The molecule has 2 aliphatic heterocycles. The van der Waals surface area contributed by atoms with Crippen molar-refractivity contribution in [3.8, 4) is 0 Å². The Balaban J connectivity index is 1.55. The first kappa shape index (κ1) is 18.1. The molecule has 2 aromatic carbocycles. The van der Waals surface area contributed by atoms with Gasteiger partial charge in [-0.2, -0.15) is 0 Å². The second-order valence-electron chi connectivity index (χ2n) is 7.76. The topological polar surface area (TPSA) is 88.3 Å². The van der Waals surface area contributed by atoms with E-state index in [0.29, 0.717) is 23.7 Å². The first-order valence-corrected chi connectivity index (χ1v) is 10.7. The predicted octanol–water partition coefficient (Wildman–Crippen LogP) is 3.78. The van der Waals surface area contributed by atoms with Crippen LogP contribution in [0.5, 0.6) is 0 Å². The first-order valence-electron chi connectivity index (χ1n) is 9.92. The summed E-state index contributed by atoms with van der Waals surface area (Å²) in [6.07, 6.45) is 2.31. The Hall–Kier alpha value is -2.93. The maximum Gasteiger partial charge on any atom is 0.254 e. The summed E-state index contributed by atoms with van der Waals surface area (Å²) in [5.41, 5.74) is 8.35. The van der Waals surface area contributed by atoms with Gasteiger partial charge in [0.25, 0.3) is 5.91 Å². The average molecular weight is 407 g/mol. The molecule has 5 rings (SSSR count). The van der Waals surface area contributed by atoms with Gasteiger partial charge in [-0.25, -0.2) is 4.98 Å². The van der Waals surface area contributed by atoms with Crippen LogP contribution in [0.15, 0.2) is 42.5 Å². The Morgan fingerprint density at radius 1 is 1.34 bits per heavy atom. The molecule has 1 saturated heterocycles. The highest BCUT2D eigenvalue weighted by Gasteiger charge is 2.58. The molecule has 2 atom stereocenters. The van der Waals surface area contributed by atoms with Crippen LogP contribution in [0.4, 0.5) is 10.8 Å². The SMILES string of the molecule is CCC[C@@H]1N(C(=O)c2ccc3sc(N)nc3c2)CC[C@]12C(=O)Nc1ccccc12. The van der Waals surface area contributed by atoms with Crippen molar-refractivity contribution in [1.29, 1.82) is 0 Å². The van der Waals surface area contributed by atoms with Crippen molar-refractivity contribution in [1.82, 2.24) is 9.88 Å². The number of aromatic nitrogens is 1. The van der Waals surface area contributed by atoms with E-state index in [1.54, 1.807) is 6.07 Å². The van der Waals surface area contributed by atoms with Crippen molar-refractivity contribution in [3.05, 3.63) is 53.6 Å². The Labute approximate surface area is 172 Å². The fourth-order valence-corrected chi connectivity index (χ4v) is 5.68. The highest BCUT2D eigenvalue weighted by Crippen LogP contribution is 2.49. The zero-order valence-corrected chi connectivity index (χ0v) is 17.0. The second kappa shape index (κ2) is 6.56. The third-order valence-corrected chi connectivity index (χ3v) is 7.09. The van der Waals surface area contributed by atoms with E-state index in [9.17, 15) is 9.59 Å². The van der Waals surface area contributed by atoms with Crippen LogP contribution in [-0.4, -0.2) is 34.3 Å². The lowest BCUT2D eigenvalue weighted by atomic mass is 9.73.